The molecule has 10 heavy (non-hydrogen) atoms. The molecular weight excluding hydrogens is 164 g/mol. The summed E-state index contributed by atoms with van der Waals surface area (Å²) in [4.78, 5) is 6.32. The SMILES string of the molecule is CN[Si](Cl)(NC)C(C)(C)C. The molecule has 0 aliphatic carbocycles. The third-order valence-corrected chi connectivity index (χ3v) is 8.00. The Morgan fingerprint density at radius 1 is 1.10 bits per heavy atom. The zero-order valence-electron chi connectivity index (χ0n) is 7.38. The average Bonchev–Trinajstić information content (AvgIpc) is 1.84. The minimum atomic E-state index is -1.93. The molecule has 0 amide bonds. The molecule has 2 N–H and O–H groups in total. The highest BCUT2D eigenvalue weighted by Crippen LogP contribution is 2.33. The van der Waals surface area contributed by atoms with Gasteiger partial charge in [-0.2, -0.15) is 0 Å². The highest BCUT2D eigenvalue weighted by atomic mass is 35.6. The van der Waals surface area contributed by atoms with Crippen LogP contribution in [0, 0.1) is 0 Å². The highest BCUT2D eigenvalue weighted by molar-refractivity contribution is 7.18. The summed E-state index contributed by atoms with van der Waals surface area (Å²) in [6, 6.07) is 0. The number of hydrogen-bond acceptors (Lipinski definition) is 2. The van der Waals surface area contributed by atoms with E-state index in [1.165, 1.54) is 0 Å². The lowest BCUT2D eigenvalue weighted by atomic mass is 10.3. The molecule has 0 aromatic carbocycles. The Bertz CT molecular complexity index is 107. The summed E-state index contributed by atoms with van der Waals surface area (Å²) >= 11 is 6.30. The molecule has 0 saturated carbocycles. The van der Waals surface area contributed by atoms with Gasteiger partial charge in [0.15, 0.2) is 0 Å². The van der Waals surface area contributed by atoms with Crippen molar-refractivity contribution in [1.82, 2.24) is 9.96 Å². The van der Waals surface area contributed by atoms with Crippen LogP contribution in [0.5, 0.6) is 0 Å². The van der Waals surface area contributed by atoms with Crippen molar-refractivity contribution in [3.05, 3.63) is 0 Å². The topological polar surface area (TPSA) is 24.1 Å². The molecule has 0 radical (unpaired) electrons. The number of halogens is 1. The molecule has 0 aliphatic rings. The number of hydrogen-bond donors (Lipinski definition) is 2. The lowest BCUT2D eigenvalue weighted by molar-refractivity contribution is 0.691. The molecule has 0 saturated heterocycles. The largest absolute Gasteiger partial charge is 0.316 e. The summed E-state index contributed by atoms with van der Waals surface area (Å²) in [5.74, 6) is 0. The minimum absolute atomic E-state index is 0.137. The quantitative estimate of drug-likeness (QED) is 0.496. The van der Waals surface area contributed by atoms with E-state index >= 15 is 0 Å². The molecule has 4 heteroatoms. The van der Waals surface area contributed by atoms with Crippen LogP contribution in [0.15, 0.2) is 0 Å². The second-order valence-corrected chi connectivity index (χ2v) is 8.93. The highest BCUT2D eigenvalue weighted by Gasteiger charge is 2.41. The van der Waals surface area contributed by atoms with Crippen molar-refractivity contribution in [2.45, 2.75) is 25.8 Å². The van der Waals surface area contributed by atoms with Crippen molar-refractivity contribution in [2.75, 3.05) is 14.1 Å². The maximum atomic E-state index is 6.30. The van der Waals surface area contributed by atoms with E-state index in [2.05, 4.69) is 30.7 Å². The van der Waals surface area contributed by atoms with Gasteiger partial charge in [0.1, 0.15) is 0 Å². The monoisotopic (exact) mass is 180 g/mol. The van der Waals surface area contributed by atoms with Gasteiger partial charge in [-0.05, 0) is 19.1 Å². The molecule has 0 fully saturated rings. The fourth-order valence-corrected chi connectivity index (χ4v) is 2.62. The first-order valence-electron chi connectivity index (χ1n) is 3.44. The van der Waals surface area contributed by atoms with E-state index in [0.717, 1.165) is 0 Å². The first-order valence-corrected chi connectivity index (χ1v) is 6.45. The van der Waals surface area contributed by atoms with E-state index in [1.54, 1.807) is 0 Å². The molecule has 0 rings (SSSR count). The molecule has 0 aromatic rings. The Labute approximate surface area is 69.2 Å². The van der Waals surface area contributed by atoms with Gasteiger partial charge in [0.05, 0.1) is 0 Å². The fraction of sp³-hybridized carbons (Fsp3) is 1.00. The number of nitrogens with one attached hydrogen (secondary N) is 2. The molecule has 0 heterocycles. The summed E-state index contributed by atoms with van der Waals surface area (Å²) in [6.07, 6.45) is 0. The average molecular weight is 181 g/mol. The predicted molar refractivity (Wildman–Crippen MR) is 49.4 cm³/mol. The van der Waals surface area contributed by atoms with Crippen molar-refractivity contribution in [1.29, 1.82) is 0 Å². The minimum Gasteiger partial charge on any atom is -0.316 e. The molecule has 0 aromatic heterocycles. The van der Waals surface area contributed by atoms with Gasteiger partial charge in [0.2, 0.25) is 0 Å². The maximum Gasteiger partial charge on any atom is 0.307 e. The predicted octanol–water partition coefficient (Wildman–Crippen LogP) is 1.40. The van der Waals surface area contributed by atoms with E-state index < -0.39 is 7.71 Å². The van der Waals surface area contributed by atoms with E-state index in [-0.39, 0.29) is 5.04 Å². The first kappa shape index (κ1) is 10.4. The van der Waals surface area contributed by atoms with Crippen LogP contribution in [-0.4, -0.2) is 21.8 Å². The Kier molecular flexibility index (Phi) is 3.35. The molecule has 0 spiro atoms. The van der Waals surface area contributed by atoms with Gasteiger partial charge in [0.25, 0.3) is 0 Å². The number of rotatable bonds is 2. The molecule has 0 atom stereocenters. The van der Waals surface area contributed by atoms with Gasteiger partial charge in [-0.1, -0.05) is 20.8 Å². The summed E-state index contributed by atoms with van der Waals surface area (Å²) in [6.45, 7) is 6.41. The van der Waals surface area contributed by atoms with Crippen LogP contribution < -0.4 is 9.96 Å². The van der Waals surface area contributed by atoms with Crippen LogP contribution >= 0.6 is 11.1 Å². The van der Waals surface area contributed by atoms with Crippen LogP contribution in [0.25, 0.3) is 0 Å². The van der Waals surface area contributed by atoms with Crippen molar-refractivity contribution in [3.8, 4) is 0 Å². The molecular formula is C6H17ClN2Si. The summed E-state index contributed by atoms with van der Waals surface area (Å²) in [7, 11) is 1.88. The van der Waals surface area contributed by atoms with Gasteiger partial charge in [-0.3, -0.25) is 0 Å². The zero-order valence-corrected chi connectivity index (χ0v) is 9.13. The molecule has 0 bridgehead atoms. The summed E-state index contributed by atoms with van der Waals surface area (Å²) < 4.78 is 0. The van der Waals surface area contributed by atoms with Crippen molar-refractivity contribution >= 4 is 18.8 Å². The molecule has 0 aliphatic heterocycles. The Morgan fingerprint density at radius 3 is 1.40 bits per heavy atom. The van der Waals surface area contributed by atoms with Crippen LogP contribution in [0.3, 0.4) is 0 Å². The van der Waals surface area contributed by atoms with Gasteiger partial charge in [-0.15, -0.1) is 11.1 Å². The van der Waals surface area contributed by atoms with Crippen LogP contribution in [0.1, 0.15) is 20.8 Å². The molecule has 62 valence electrons. The van der Waals surface area contributed by atoms with Crippen LogP contribution in [0.2, 0.25) is 5.04 Å². The Morgan fingerprint density at radius 2 is 1.40 bits per heavy atom. The second-order valence-electron chi connectivity index (χ2n) is 3.41. The van der Waals surface area contributed by atoms with E-state index in [9.17, 15) is 0 Å². The van der Waals surface area contributed by atoms with Gasteiger partial charge >= 0.3 is 7.71 Å². The van der Waals surface area contributed by atoms with Gasteiger partial charge in [-0.25, -0.2) is 0 Å². The molecule has 0 unspecified atom stereocenters. The van der Waals surface area contributed by atoms with Crippen molar-refractivity contribution in [2.24, 2.45) is 0 Å². The standard InChI is InChI=1S/C6H17ClN2Si/c1-6(2,3)10(7,8-4)9-5/h8-9H,1-5H3. The van der Waals surface area contributed by atoms with Crippen molar-refractivity contribution in [3.63, 3.8) is 0 Å². The lowest BCUT2D eigenvalue weighted by Crippen LogP contribution is -2.61. The van der Waals surface area contributed by atoms with Crippen molar-refractivity contribution < 1.29 is 0 Å². The van der Waals surface area contributed by atoms with Gasteiger partial charge < -0.3 is 9.96 Å². The normalized spacial score (nSPS) is 13.8. The maximum absolute atomic E-state index is 6.30. The Balaban J connectivity index is 4.33. The van der Waals surface area contributed by atoms with E-state index in [4.69, 9.17) is 11.1 Å². The fourth-order valence-electron chi connectivity index (χ4n) is 0.875. The third-order valence-electron chi connectivity index (χ3n) is 1.72. The van der Waals surface area contributed by atoms with E-state index in [0.29, 0.717) is 0 Å². The van der Waals surface area contributed by atoms with Crippen LogP contribution in [-0.2, 0) is 0 Å². The lowest BCUT2D eigenvalue weighted by Gasteiger charge is -2.35. The zero-order chi connectivity index (χ0) is 8.41. The van der Waals surface area contributed by atoms with E-state index in [1.807, 2.05) is 14.1 Å². The van der Waals surface area contributed by atoms with Crippen LogP contribution in [0.4, 0.5) is 0 Å². The third kappa shape index (κ3) is 1.95. The van der Waals surface area contributed by atoms with Gasteiger partial charge in [0, 0.05) is 0 Å². The smallest absolute Gasteiger partial charge is 0.307 e. The summed E-state index contributed by atoms with van der Waals surface area (Å²) in [5.41, 5.74) is 0. The summed E-state index contributed by atoms with van der Waals surface area (Å²) in [5, 5.41) is 0.137. The first-order chi connectivity index (χ1) is 4.37. The molecule has 2 nitrogen and oxygen atoms in total. The Hall–Kier alpha value is 0.427. The second kappa shape index (κ2) is 3.22.